The predicted octanol–water partition coefficient (Wildman–Crippen LogP) is 6.13. The van der Waals surface area contributed by atoms with Crippen molar-refractivity contribution in [2.45, 2.75) is 27.3 Å². The molecule has 3 aromatic carbocycles. The summed E-state index contributed by atoms with van der Waals surface area (Å²) in [5, 5.41) is 7.73. The number of benzene rings is 3. The summed E-state index contributed by atoms with van der Waals surface area (Å²) in [5.74, 6) is -1.03. The van der Waals surface area contributed by atoms with Gasteiger partial charge in [-0.05, 0) is 44.5 Å². The van der Waals surface area contributed by atoms with Crippen LogP contribution < -0.4 is 5.32 Å². The van der Waals surface area contributed by atoms with Crippen molar-refractivity contribution < 1.29 is 14.0 Å². The maximum Gasteiger partial charge on any atom is 0.256 e. The number of anilines is 1. The molecule has 172 valence electrons. The molecule has 1 aromatic heterocycles. The van der Waals surface area contributed by atoms with E-state index in [0.717, 1.165) is 5.56 Å². The van der Waals surface area contributed by atoms with E-state index in [2.05, 4.69) is 10.4 Å². The lowest BCUT2D eigenvalue weighted by atomic mass is 9.97. The van der Waals surface area contributed by atoms with Crippen molar-refractivity contribution >= 4 is 29.0 Å². The fraction of sp³-hybridized carbons (Fsp3) is 0.148. The Morgan fingerprint density at radius 3 is 2.32 bits per heavy atom. The zero-order valence-electron chi connectivity index (χ0n) is 19.0. The van der Waals surface area contributed by atoms with Crippen LogP contribution in [0.5, 0.6) is 0 Å². The molecular weight excluding hydrogens is 453 g/mol. The fourth-order valence-electron chi connectivity index (χ4n) is 3.76. The average Bonchev–Trinajstić information content (AvgIpc) is 3.08. The van der Waals surface area contributed by atoms with Crippen molar-refractivity contribution in [1.82, 2.24) is 9.78 Å². The molecule has 0 saturated heterocycles. The number of aryl methyl sites for hydroxylation is 2. The van der Waals surface area contributed by atoms with Gasteiger partial charge in [0.25, 0.3) is 5.91 Å². The fourth-order valence-corrected chi connectivity index (χ4v) is 3.99. The molecule has 4 rings (SSSR count). The Morgan fingerprint density at radius 2 is 1.65 bits per heavy atom. The molecule has 0 bridgehead atoms. The monoisotopic (exact) mass is 475 g/mol. The summed E-state index contributed by atoms with van der Waals surface area (Å²) >= 11 is 6.17. The quantitative estimate of drug-likeness (QED) is 0.341. The van der Waals surface area contributed by atoms with E-state index < -0.39 is 11.7 Å². The van der Waals surface area contributed by atoms with Crippen LogP contribution in [0.2, 0.25) is 5.02 Å². The highest BCUT2D eigenvalue weighted by Crippen LogP contribution is 2.25. The Hall–Kier alpha value is -3.77. The Bertz CT molecular complexity index is 1390. The van der Waals surface area contributed by atoms with Gasteiger partial charge in [-0.25, -0.2) is 4.39 Å². The van der Waals surface area contributed by atoms with Crippen LogP contribution in [0.4, 0.5) is 10.1 Å². The zero-order valence-corrected chi connectivity index (χ0v) is 19.8. The summed E-state index contributed by atoms with van der Waals surface area (Å²) in [5.41, 5.74) is 4.77. The van der Waals surface area contributed by atoms with Crippen molar-refractivity contribution in [1.29, 1.82) is 0 Å². The summed E-state index contributed by atoms with van der Waals surface area (Å²) in [6.07, 6.45) is 0. The minimum Gasteiger partial charge on any atom is -0.319 e. The Balaban J connectivity index is 1.60. The summed E-state index contributed by atoms with van der Waals surface area (Å²) in [6.45, 7) is 5.89. The number of carbonyl (C=O) groups is 2. The van der Waals surface area contributed by atoms with E-state index in [0.29, 0.717) is 45.3 Å². The van der Waals surface area contributed by atoms with E-state index in [1.807, 2.05) is 26.0 Å². The van der Waals surface area contributed by atoms with Gasteiger partial charge in [-0.2, -0.15) is 5.10 Å². The highest BCUT2D eigenvalue weighted by molar-refractivity contribution is 6.31. The molecule has 4 aromatic rings. The molecule has 0 aliphatic carbocycles. The van der Waals surface area contributed by atoms with Crippen LogP contribution in [0.3, 0.4) is 0 Å². The Morgan fingerprint density at radius 1 is 0.971 bits per heavy atom. The summed E-state index contributed by atoms with van der Waals surface area (Å²) in [7, 11) is 0. The number of hydrogen-bond acceptors (Lipinski definition) is 3. The van der Waals surface area contributed by atoms with Gasteiger partial charge in [0, 0.05) is 16.1 Å². The van der Waals surface area contributed by atoms with Crippen LogP contribution in [-0.4, -0.2) is 21.5 Å². The first-order valence-corrected chi connectivity index (χ1v) is 11.1. The van der Waals surface area contributed by atoms with Crippen LogP contribution in [0.1, 0.15) is 48.8 Å². The topological polar surface area (TPSA) is 64.0 Å². The molecular formula is C27H23ClFN3O2. The zero-order chi connectivity index (χ0) is 24.4. The van der Waals surface area contributed by atoms with Gasteiger partial charge in [-0.3, -0.25) is 14.3 Å². The van der Waals surface area contributed by atoms with Crippen molar-refractivity contribution in [2.75, 3.05) is 5.32 Å². The lowest BCUT2D eigenvalue weighted by Gasteiger charge is -2.11. The summed E-state index contributed by atoms with van der Waals surface area (Å²) in [4.78, 5) is 26.3. The van der Waals surface area contributed by atoms with Gasteiger partial charge in [0.15, 0.2) is 5.78 Å². The number of nitrogens with one attached hydrogen (secondary N) is 1. The number of ketones is 1. The third-order valence-electron chi connectivity index (χ3n) is 5.69. The molecule has 1 N–H and O–H groups in total. The SMILES string of the molecule is Cc1ccc(C(=O)c2ccccc2C(=O)Nc2c(C)nn(Cc3ccc(F)cc3Cl)c2C)cc1. The van der Waals surface area contributed by atoms with Crippen LogP contribution in [0.25, 0.3) is 0 Å². The van der Waals surface area contributed by atoms with Crippen LogP contribution in [0, 0.1) is 26.6 Å². The molecule has 1 amide bonds. The van der Waals surface area contributed by atoms with Crippen molar-refractivity contribution in [3.8, 4) is 0 Å². The molecule has 0 aliphatic rings. The number of rotatable bonds is 6. The number of amides is 1. The van der Waals surface area contributed by atoms with Gasteiger partial charge in [-0.1, -0.05) is 65.7 Å². The average molecular weight is 476 g/mol. The molecule has 0 spiro atoms. The van der Waals surface area contributed by atoms with Gasteiger partial charge in [0.05, 0.1) is 29.2 Å². The lowest BCUT2D eigenvalue weighted by Crippen LogP contribution is -2.18. The second-order valence-electron chi connectivity index (χ2n) is 8.13. The van der Waals surface area contributed by atoms with Gasteiger partial charge in [-0.15, -0.1) is 0 Å². The normalized spacial score (nSPS) is 10.9. The van der Waals surface area contributed by atoms with E-state index in [1.165, 1.54) is 12.1 Å². The van der Waals surface area contributed by atoms with E-state index >= 15 is 0 Å². The van der Waals surface area contributed by atoms with E-state index in [-0.39, 0.29) is 11.3 Å². The van der Waals surface area contributed by atoms with Crippen molar-refractivity contribution in [2.24, 2.45) is 0 Å². The van der Waals surface area contributed by atoms with Gasteiger partial charge in [0.2, 0.25) is 0 Å². The Labute approximate surface area is 202 Å². The second-order valence-corrected chi connectivity index (χ2v) is 8.54. The standard InChI is InChI=1S/C27H23ClFN3O2/c1-16-8-10-19(11-9-16)26(33)22-6-4-5-7-23(22)27(34)30-25-17(2)31-32(18(25)3)15-20-12-13-21(29)14-24(20)28/h4-14H,15H2,1-3H3,(H,30,34). The molecule has 0 fully saturated rings. The van der Waals surface area contributed by atoms with Crippen molar-refractivity contribution in [3.05, 3.63) is 117 Å². The van der Waals surface area contributed by atoms with Crippen LogP contribution in [-0.2, 0) is 6.54 Å². The summed E-state index contributed by atoms with van der Waals surface area (Å²) in [6, 6.07) is 18.2. The third-order valence-corrected chi connectivity index (χ3v) is 6.04. The highest BCUT2D eigenvalue weighted by atomic mass is 35.5. The first-order chi connectivity index (χ1) is 16.2. The maximum atomic E-state index is 13.4. The minimum absolute atomic E-state index is 0.221. The van der Waals surface area contributed by atoms with Crippen LogP contribution in [0.15, 0.2) is 66.7 Å². The molecule has 34 heavy (non-hydrogen) atoms. The molecule has 0 unspecified atom stereocenters. The first kappa shape index (κ1) is 23.4. The minimum atomic E-state index is -0.408. The Kier molecular flexibility index (Phi) is 6.61. The van der Waals surface area contributed by atoms with Gasteiger partial charge in [0.1, 0.15) is 5.82 Å². The number of nitrogens with zero attached hydrogens (tertiary/aromatic N) is 2. The molecule has 7 heteroatoms. The smallest absolute Gasteiger partial charge is 0.256 e. The number of carbonyl (C=O) groups excluding carboxylic acids is 2. The number of hydrogen-bond donors (Lipinski definition) is 1. The van der Waals surface area contributed by atoms with Gasteiger partial charge >= 0.3 is 0 Å². The largest absolute Gasteiger partial charge is 0.319 e. The lowest BCUT2D eigenvalue weighted by molar-refractivity contribution is 0.0996. The third kappa shape index (κ3) is 4.77. The maximum absolute atomic E-state index is 13.4. The first-order valence-electron chi connectivity index (χ1n) is 10.7. The van der Waals surface area contributed by atoms with E-state index in [4.69, 9.17) is 11.6 Å². The van der Waals surface area contributed by atoms with E-state index in [1.54, 1.807) is 54.1 Å². The van der Waals surface area contributed by atoms with Crippen molar-refractivity contribution in [3.63, 3.8) is 0 Å². The highest BCUT2D eigenvalue weighted by Gasteiger charge is 2.21. The predicted molar refractivity (Wildman–Crippen MR) is 131 cm³/mol. The molecule has 0 saturated carbocycles. The van der Waals surface area contributed by atoms with Gasteiger partial charge < -0.3 is 5.32 Å². The number of halogens is 2. The molecule has 0 atom stereocenters. The van der Waals surface area contributed by atoms with E-state index in [9.17, 15) is 14.0 Å². The molecule has 5 nitrogen and oxygen atoms in total. The second kappa shape index (κ2) is 9.61. The molecule has 0 aliphatic heterocycles. The number of aromatic nitrogens is 2. The van der Waals surface area contributed by atoms with Crippen LogP contribution >= 0.6 is 11.6 Å². The molecule has 1 heterocycles. The molecule has 0 radical (unpaired) electrons. The summed E-state index contributed by atoms with van der Waals surface area (Å²) < 4.78 is 15.1.